The van der Waals surface area contributed by atoms with Crippen LogP contribution in [-0.4, -0.2) is 34.7 Å². The molecule has 0 aliphatic rings. The van der Waals surface area contributed by atoms with Gasteiger partial charge in [0.1, 0.15) is 5.75 Å². The number of pyridine rings is 1. The van der Waals surface area contributed by atoms with Crippen molar-refractivity contribution in [2.45, 2.75) is 26.3 Å². The van der Waals surface area contributed by atoms with Gasteiger partial charge in [-0.05, 0) is 35.9 Å². The van der Waals surface area contributed by atoms with E-state index in [1.807, 2.05) is 13.0 Å². The Morgan fingerprint density at radius 3 is 2.62 bits per heavy atom. The quantitative estimate of drug-likeness (QED) is 0.649. The topological polar surface area (TPSA) is 83.3 Å². The first-order valence-electron chi connectivity index (χ1n) is 8.43. The number of rotatable bonds is 9. The highest BCUT2D eigenvalue weighted by Crippen LogP contribution is 2.14. The number of amides is 1. The average molecular weight is 351 g/mol. The molecule has 6 heteroatoms. The molecule has 0 saturated heterocycles. The molecule has 1 aromatic carbocycles. The van der Waals surface area contributed by atoms with Gasteiger partial charge in [0.15, 0.2) is 12.4 Å². The van der Waals surface area contributed by atoms with Crippen molar-refractivity contribution in [1.82, 2.24) is 9.88 Å². The van der Waals surface area contributed by atoms with E-state index in [9.17, 15) is 9.59 Å². The van der Waals surface area contributed by atoms with E-state index < -0.39 is 0 Å². The van der Waals surface area contributed by atoms with Crippen LogP contribution < -0.4 is 4.74 Å². The number of hydrogen-bond acceptors (Lipinski definition) is 5. The van der Waals surface area contributed by atoms with Gasteiger partial charge in [0, 0.05) is 37.5 Å². The summed E-state index contributed by atoms with van der Waals surface area (Å²) in [5, 5.41) is 8.80. The predicted octanol–water partition coefficient (Wildman–Crippen LogP) is 3.00. The van der Waals surface area contributed by atoms with Crippen molar-refractivity contribution < 1.29 is 14.3 Å². The molecule has 0 atom stereocenters. The molecule has 0 radical (unpaired) electrons. The zero-order chi connectivity index (χ0) is 18.8. The molecule has 0 N–H and O–H groups in total. The van der Waals surface area contributed by atoms with Gasteiger partial charge >= 0.3 is 0 Å². The van der Waals surface area contributed by atoms with Crippen LogP contribution in [0, 0.1) is 11.3 Å². The summed E-state index contributed by atoms with van der Waals surface area (Å²) in [4.78, 5) is 29.7. The molecule has 1 amide bonds. The fraction of sp³-hybridized carbons (Fsp3) is 0.300. The summed E-state index contributed by atoms with van der Waals surface area (Å²) in [6, 6.07) is 12.5. The van der Waals surface area contributed by atoms with E-state index in [1.165, 1.54) is 0 Å². The Labute approximate surface area is 153 Å². The second kappa shape index (κ2) is 9.94. The number of aromatic nitrogens is 1. The lowest BCUT2D eigenvalue weighted by molar-refractivity contribution is -0.133. The smallest absolute Gasteiger partial charge is 0.260 e. The van der Waals surface area contributed by atoms with Crippen molar-refractivity contribution in [1.29, 1.82) is 5.26 Å². The number of carbonyl (C=O) groups excluding carboxylic acids is 2. The van der Waals surface area contributed by atoms with Gasteiger partial charge in [-0.25, -0.2) is 0 Å². The molecule has 0 saturated carbocycles. The van der Waals surface area contributed by atoms with Gasteiger partial charge in [-0.3, -0.25) is 14.6 Å². The lowest BCUT2D eigenvalue weighted by Crippen LogP contribution is -2.35. The van der Waals surface area contributed by atoms with Gasteiger partial charge in [0.25, 0.3) is 5.91 Å². The molecule has 0 unspecified atom stereocenters. The maximum Gasteiger partial charge on any atom is 0.260 e. The van der Waals surface area contributed by atoms with Crippen LogP contribution in [0.15, 0.2) is 48.8 Å². The van der Waals surface area contributed by atoms with Gasteiger partial charge in [-0.15, -0.1) is 0 Å². The number of ether oxygens (including phenoxy) is 1. The third kappa shape index (κ3) is 5.71. The van der Waals surface area contributed by atoms with E-state index in [0.29, 0.717) is 30.8 Å². The standard InChI is InChI=1S/C20H21N3O3/c1-2-19(24)17-6-8-18(9-7-17)26-15-20(25)23(12-4-10-21)14-16-5-3-11-22-13-16/h3,5-9,11,13H,2,4,12,14-15H2,1H3. The third-order valence-electron chi connectivity index (χ3n) is 3.80. The van der Waals surface area contributed by atoms with Crippen LogP contribution in [0.3, 0.4) is 0 Å². The summed E-state index contributed by atoms with van der Waals surface area (Å²) >= 11 is 0. The molecule has 1 heterocycles. The number of nitriles is 1. The lowest BCUT2D eigenvalue weighted by atomic mass is 10.1. The van der Waals surface area contributed by atoms with Gasteiger partial charge in [-0.1, -0.05) is 13.0 Å². The average Bonchev–Trinajstić information content (AvgIpc) is 2.69. The van der Waals surface area contributed by atoms with Crippen LogP contribution in [-0.2, 0) is 11.3 Å². The second-order valence-corrected chi connectivity index (χ2v) is 5.67. The normalized spacial score (nSPS) is 10.0. The Morgan fingerprint density at radius 2 is 2.00 bits per heavy atom. The monoisotopic (exact) mass is 351 g/mol. The van der Waals surface area contributed by atoms with Crippen molar-refractivity contribution in [2.75, 3.05) is 13.2 Å². The number of ketones is 1. The van der Waals surface area contributed by atoms with Crippen LogP contribution in [0.2, 0.25) is 0 Å². The van der Waals surface area contributed by atoms with Crippen molar-refractivity contribution >= 4 is 11.7 Å². The van der Waals surface area contributed by atoms with Crippen molar-refractivity contribution in [2.24, 2.45) is 0 Å². The first kappa shape index (κ1) is 19.1. The fourth-order valence-corrected chi connectivity index (χ4v) is 2.37. The van der Waals surface area contributed by atoms with Gasteiger partial charge < -0.3 is 9.64 Å². The van der Waals surface area contributed by atoms with Gasteiger partial charge in [0.2, 0.25) is 0 Å². The Hall–Kier alpha value is -3.20. The minimum absolute atomic E-state index is 0.0618. The molecule has 0 bridgehead atoms. The number of Topliss-reactive ketones (excluding diaryl/α,β-unsaturated/α-hetero) is 1. The van der Waals surface area contributed by atoms with E-state index in [2.05, 4.69) is 11.1 Å². The van der Waals surface area contributed by atoms with Crippen molar-refractivity contribution in [3.63, 3.8) is 0 Å². The fourth-order valence-electron chi connectivity index (χ4n) is 2.37. The highest BCUT2D eigenvalue weighted by atomic mass is 16.5. The highest BCUT2D eigenvalue weighted by molar-refractivity contribution is 5.95. The van der Waals surface area contributed by atoms with E-state index in [-0.39, 0.29) is 24.7 Å². The second-order valence-electron chi connectivity index (χ2n) is 5.67. The summed E-state index contributed by atoms with van der Waals surface area (Å²) in [6.07, 6.45) is 4.05. The predicted molar refractivity (Wildman–Crippen MR) is 96.4 cm³/mol. The third-order valence-corrected chi connectivity index (χ3v) is 3.80. The number of nitrogens with zero attached hydrogens (tertiary/aromatic N) is 3. The molecule has 2 rings (SSSR count). The van der Waals surface area contributed by atoms with E-state index >= 15 is 0 Å². The summed E-state index contributed by atoms with van der Waals surface area (Å²) in [6.45, 7) is 2.38. The van der Waals surface area contributed by atoms with Crippen molar-refractivity contribution in [3.05, 3.63) is 59.9 Å². The molecule has 0 aliphatic carbocycles. The number of carbonyl (C=O) groups is 2. The van der Waals surface area contributed by atoms with Crippen LogP contribution >= 0.6 is 0 Å². The Morgan fingerprint density at radius 1 is 1.23 bits per heavy atom. The SMILES string of the molecule is CCC(=O)c1ccc(OCC(=O)N(CCC#N)Cc2cccnc2)cc1. The van der Waals surface area contributed by atoms with Crippen molar-refractivity contribution in [3.8, 4) is 11.8 Å². The maximum atomic E-state index is 12.5. The first-order valence-corrected chi connectivity index (χ1v) is 8.43. The minimum atomic E-state index is -0.210. The minimum Gasteiger partial charge on any atom is -0.484 e. The van der Waals surface area contributed by atoms with E-state index in [0.717, 1.165) is 5.56 Å². The van der Waals surface area contributed by atoms with Crippen LogP contribution in [0.25, 0.3) is 0 Å². The van der Waals surface area contributed by atoms with Crippen LogP contribution in [0.1, 0.15) is 35.7 Å². The van der Waals surface area contributed by atoms with Gasteiger partial charge in [-0.2, -0.15) is 5.26 Å². The molecule has 0 aliphatic heterocycles. The molecule has 134 valence electrons. The lowest BCUT2D eigenvalue weighted by Gasteiger charge is -2.21. The molecule has 6 nitrogen and oxygen atoms in total. The maximum absolute atomic E-state index is 12.5. The summed E-state index contributed by atoms with van der Waals surface area (Å²) in [7, 11) is 0. The molecule has 1 aromatic heterocycles. The molecule has 0 spiro atoms. The van der Waals surface area contributed by atoms with Gasteiger partial charge in [0.05, 0.1) is 12.5 Å². The number of hydrogen-bond donors (Lipinski definition) is 0. The summed E-state index contributed by atoms with van der Waals surface area (Å²) in [5.41, 5.74) is 1.51. The zero-order valence-electron chi connectivity index (χ0n) is 14.7. The van der Waals surface area contributed by atoms with Crippen LogP contribution in [0.4, 0.5) is 0 Å². The zero-order valence-corrected chi connectivity index (χ0v) is 14.7. The summed E-state index contributed by atoms with van der Waals surface area (Å²) in [5.74, 6) is 0.372. The first-order chi connectivity index (χ1) is 12.6. The molecule has 0 fully saturated rings. The number of benzene rings is 1. The molecule has 2 aromatic rings. The Kier molecular flexibility index (Phi) is 7.31. The van der Waals surface area contributed by atoms with E-state index in [1.54, 1.807) is 47.6 Å². The molecular weight excluding hydrogens is 330 g/mol. The summed E-state index contributed by atoms with van der Waals surface area (Å²) < 4.78 is 5.53. The molecule has 26 heavy (non-hydrogen) atoms. The highest BCUT2D eigenvalue weighted by Gasteiger charge is 2.15. The molecular formula is C20H21N3O3. The van der Waals surface area contributed by atoms with Crippen LogP contribution in [0.5, 0.6) is 5.75 Å². The Balaban J connectivity index is 1.95. The van der Waals surface area contributed by atoms with E-state index in [4.69, 9.17) is 10.00 Å². The largest absolute Gasteiger partial charge is 0.484 e. The Bertz CT molecular complexity index is 767.